The molecule has 0 saturated carbocycles. The van der Waals surface area contributed by atoms with Gasteiger partial charge in [0, 0.05) is 7.05 Å². The van der Waals surface area contributed by atoms with Gasteiger partial charge < -0.3 is 4.74 Å². The van der Waals surface area contributed by atoms with Crippen LogP contribution in [0, 0.1) is 0 Å². The van der Waals surface area contributed by atoms with Crippen molar-refractivity contribution in [3.05, 3.63) is 24.3 Å². The van der Waals surface area contributed by atoms with E-state index in [9.17, 15) is 0 Å². The number of nitrogens with zero attached hydrogens (tertiary/aromatic N) is 1. The number of ether oxygens (including phenoxy) is 1. The highest BCUT2D eigenvalue weighted by molar-refractivity contribution is 5.87. The number of rotatable bonds is 3. The Morgan fingerprint density at radius 3 is 2.64 bits per heavy atom. The summed E-state index contributed by atoms with van der Waals surface area (Å²) in [6, 6.07) is 0. The lowest BCUT2D eigenvalue weighted by molar-refractivity contribution is 0.406. The summed E-state index contributed by atoms with van der Waals surface area (Å²) in [5.41, 5.74) is 1.13. The van der Waals surface area contributed by atoms with E-state index in [-0.39, 0.29) is 0 Å². The molecule has 2 heteroatoms. The average molecular weight is 153 g/mol. The normalized spacial score (nSPS) is 12.1. The van der Waals surface area contributed by atoms with Gasteiger partial charge in [0.05, 0.1) is 7.11 Å². The minimum absolute atomic E-state index is 0.645. The zero-order valence-corrected chi connectivity index (χ0v) is 7.42. The van der Waals surface area contributed by atoms with Gasteiger partial charge in [-0.15, -0.1) is 0 Å². The minimum Gasteiger partial charge on any atom is -0.481 e. The molecule has 0 heterocycles. The van der Waals surface area contributed by atoms with Gasteiger partial charge in [-0.1, -0.05) is 18.2 Å². The van der Waals surface area contributed by atoms with Crippen LogP contribution in [0.15, 0.2) is 29.3 Å². The molecule has 0 aromatic carbocycles. The molecule has 62 valence electrons. The maximum absolute atomic E-state index is 4.91. The van der Waals surface area contributed by atoms with Crippen LogP contribution in [0.5, 0.6) is 0 Å². The largest absolute Gasteiger partial charge is 0.481 e. The van der Waals surface area contributed by atoms with Gasteiger partial charge in [0.2, 0.25) is 5.90 Å². The van der Waals surface area contributed by atoms with Gasteiger partial charge in [0.15, 0.2) is 0 Å². The first kappa shape index (κ1) is 9.95. The lowest BCUT2D eigenvalue weighted by Gasteiger charge is -1.95. The second-order valence-corrected chi connectivity index (χ2v) is 2.33. The van der Waals surface area contributed by atoms with Gasteiger partial charge in [0.1, 0.15) is 0 Å². The van der Waals surface area contributed by atoms with Gasteiger partial charge >= 0.3 is 0 Å². The van der Waals surface area contributed by atoms with Crippen molar-refractivity contribution in [3.8, 4) is 0 Å². The van der Waals surface area contributed by atoms with E-state index >= 15 is 0 Å². The fourth-order valence-electron chi connectivity index (χ4n) is 0.595. The number of methoxy groups -OCH3 is 1. The van der Waals surface area contributed by atoms with Crippen LogP contribution in [0.3, 0.4) is 0 Å². The quantitative estimate of drug-likeness (QED) is 0.346. The third-order valence-corrected chi connectivity index (χ3v) is 1.16. The molecule has 2 nitrogen and oxygen atoms in total. The highest BCUT2D eigenvalue weighted by Crippen LogP contribution is 1.96. The molecular formula is C9H15NO. The molecule has 0 aliphatic heterocycles. The second-order valence-electron chi connectivity index (χ2n) is 2.33. The summed E-state index contributed by atoms with van der Waals surface area (Å²) in [5, 5.41) is 0. The summed E-state index contributed by atoms with van der Waals surface area (Å²) in [7, 11) is 3.30. The molecule has 0 saturated heterocycles. The van der Waals surface area contributed by atoms with E-state index in [0.717, 1.165) is 12.0 Å². The standard InChI is InChI=1S/C9H15NO/c1-8(2)6-5-7-9(10-3)11-4/h5,7H,1,6H2,2-4H3/b7-5-,10-9?. The second kappa shape index (κ2) is 5.71. The van der Waals surface area contributed by atoms with Gasteiger partial charge in [-0.25, -0.2) is 0 Å². The monoisotopic (exact) mass is 153 g/mol. The van der Waals surface area contributed by atoms with Crippen LogP contribution in [0.1, 0.15) is 13.3 Å². The first-order valence-corrected chi connectivity index (χ1v) is 3.52. The molecule has 11 heavy (non-hydrogen) atoms. The fourth-order valence-corrected chi connectivity index (χ4v) is 0.595. The number of allylic oxidation sites excluding steroid dienone is 2. The third kappa shape index (κ3) is 5.40. The molecule has 0 aliphatic carbocycles. The summed E-state index contributed by atoms with van der Waals surface area (Å²) in [5.74, 6) is 0.645. The van der Waals surface area contributed by atoms with Crippen molar-refractivity contribution >= 4 is 5.90 Å². The molecule has 0 atom stereocenters. The van der Waals surface area contributed by atoms with E-state index < -0.39 is 0 Å². The molecule has 0 radical (unpaired) electrons. The van der Waals surface area contributed by atoms with E-state index in [4.69, 9.17) is 4.74 Å². The Kier molecular flexibility index (Phi) is 5.17. The molecular weight excluding hydrogens is 138 g/mol. The van der Waals surface area contributed by atoms with Crippen LogP contribution in [0.4, 0.5) is 0 Å². The highest BCUT2D eigenvalue weighted by atomic mass is 16.5. The van der Waals surface area contributed by atoms with Crippen LogP contribution >= 0.6 is 0 Å². The molecule has 0 N–H and O–H groups in total. The number of hydrogen-bond donors (Lipinski definition) is 0. The van der Waals surface area contributed by atoms with Crippen LogP contribution in [0.25, 0.3) is 0 Å². The predicted molar refractivity (Wildman–Crippen MR) is 48.9 cm³/mol. The summed E-state index contributed by atoms with van der Waals surface area (Å²) in [6.45, 7) is 5.76. The first-order chi connectivity index (χ1) is 5.20. The topological polar surface area (TPSA) is 21.6 Å². The third-order valence-electron chi connectivity index (χ3n) is 1.16. The fraction of sp³-hybridized carbons (Fsp3) is 0.444. The van der Waals surface area contributed by atoms with Crippen LogP contribution < -0.4 is 0 Å². The maximum Gasteiger partial charge on any atom is 0.207 e. The number of aliphatic imine (C=N–C) groups is 1. The highest BCUT2D eigenvalue weighted by Gasteiger charge is 1.86. The van der Waals surface area contributed by atoms with Crippen molar-refractivity contribution in [2.45, 2.75) is 13.3 Å². The summed E-state index contributed by atoms with van der Waals surface area (Å²) < 4.78 is 4.91. The zero-order valence-electron chi connectivity index (χ0n) is 7.42. The minimum atomic E-state index is 0.645. The Morgan fingerprint density at radius 2 is 2.27 bits per heavy atom. The van der Waals surface area contributed by atoms with Crippen molar-refractivity contribution in [1.82, 2.24) is 0 Å². The van der Waals surface area contributed by atoms with Crippen molar-refractivity contribution in [2.75, 3.05) is 14.2 Å². The van der Waals surface area contributed by atoms with E-state index in [1.54, 1.807) is 14.2 Å². The SMILES string of the molecule is C=C(C)C/C=C\C(=NC)OC. The smallest absolute Gasteiger partial charge is 0.207 e. The van der Waals surface area contributed by atoms with Crippen LogP contribution in [-0.4, -0.2) is 20.1 Å². The molecule has 0 aromatic heterocycles. The number of hydrogen-bond acceptors (Lipinski definition) is 2. The van der Waals surface area contributed by atoms with Crippen molar-refractivity contribution in [1.29, 1.82) is 0 Å². The van der Waals surface area contributed by atoms with Gasteiger partial charge in [-0.05, 0) is 19.4 Å². The van der Waals surface area contributed by atoms with E-state index in [1.165, 1.54) is 0 Å². The molecule has 0 aromatic rings. The lowest BCUT2D eigenvalue weighted by atomic mass is 10.2. The molecule has 0 rings (SSSR count). The Morgan fingerprint density at radius 1 is 1.64 bits per heavy atom. The molecule has 0 fully saturated rings. The summed E-state index contributed by atoms with van der Waals surface area (Å²) >= 11 is 0. The van der Waals surface area contributed by atoms with Gasteiger partial charge in [-0.3, -0.25) is 4.99 Å². The Labute approximate surface area is 68.3 Å². The summed E-state index contributed by atoms with van der Waals surface area (Å²) in [6.07, 6.45) is 4.70. The predicted octanol–water partition coefficient (Wildman–Crippen LogP) is 2.18. The maximum atomic E-state index is 4.91. The average Bonchev–Trinajstić information content (AvgIpc) is 1.98. The van der Waals surface area contributed by atoms with Crippen molar-refractivity contribution in [3.63, 3.8) is 0 Å². The van der Waals surface area contributed by atoms with E-state index in [2.05, 4.69) is 11.6 Å². The van der Waals surface area contributed by atoms with E-state index in [0.29, 0.717) is 5.90 Å². The molecule has 0 bridgehead atoms. The summed E-state index contributed by atoms with van der Waals surface area (Å²) in [4.78, 5) is 3.88. The Balaban J connectivity index is 3.81. The van der Waals surface area contributed by atoms with E-state index in [1.807, 2.05) is 19.1 Å². The van der Waals surface area contributed by atoms with Crippen LogP contribution in [-0.2, 0) is 4.74 Å². The first-order valence-electron chi connectivity index (χ1n) is 3.52. The molecule has 0 aliphatic rings. The zero-order chi connectivity index (χ0) is 8.69. The van der Waals surface area contributed by atoms with Gasteiger partial charge in [0.25, 0.3) is 0 Å². The van der Waals surface area contributed by atoms with Crippen molar-refractivity contribution in [2.24, 2.45) is 4.99 Å². The van der Waals surface area contributed by atoms with Crippen LogP contribution in [0.2, 0.25) is 0 Å². The Hall–Kier alpha value is -1.05. The van der Waals surface area contributed by atoms with Gasteiger partial charge in [-0.2, -0.15) is 0 Å². The molecule has 0 amide bonds. The lowest BCUT2D eigenvalue weighted by Crippen LogP contribution is -1.94. The molecule has 0 spiro atoms. The molecule has 0 unspecified atom stereocenters. The van der Waals surface area contributed by atoms with Crippen molar-refractivity contribution < 1.29 is 4.74 Å². The Bertz CT molecular complexity index is 180.